The summed E-state index contributed by atoms with van der Waals surface area (Å²) in [6.45, 7) is 0. The number of carboxylic acids is 1. The lowest BCUT2D eigenvalue weighted by Gasteiger charge is -2.00. The van der Waals surface area contributed by atoms with Gasteiger partial charge in [-0.3, -0.25) is 4.79 Å². The van der Waals surface area contributed by atoms with Crippen LogP contribution in [0.25, 0.3) is 0 Å². The van der Waals surface area contributed by atoms with E-state index in [1.165, 1.54) is 0 Å². The van der Waals surface area contributed by atoms with Gasteiger partial charge in [-0.15, -0.1) is 0 Å². The maximum absolute atomic E-state index is 10.2. The second kappa shape index (κ2) is 2.19. The van der Waals surface area contributed by atoms with E-state index in [4.69, 9.17) is 10.8 Å². The lowest BCUT2D eigenvalue weighted by atomic mass is 10.1. The lowest BCUT2D eigenvalue weighted by molar-refractivity contribution is -0.140. The van der Waals surface area contributed by atoms with Gasteiger partial charge in [-0.2, -0.15) is 0 Å². The molecule has 1 aliphatic carbocycles. The van der Waals surface area contributed by atoms with E-state index in [2.05, 4.69) is 0 Å². The first-order chi connectivity index (χ1) is 4.20. The topological polar surface area (TPSA) is 63.3 Å². The minimum atomic E-state index is -0.779. The predicted molar refractivity (Wildman–Crippen MR) is 32.9 cm³/mol. The van der Waals surface area contributed by atoms with Crippen LogP contribution in [0.1, 0.15) is 6.42 Å². The van der Waals surface area contributed by atoms with E-state index < -0.39 is 5.97 Å². The van der Waals surface area contributed by atoms with Crippen molar-refractivity contribution in [3.63, 3.8) is 0 Å². The van der Waals surface area contributed by atoms with Gasteiger partial charge in [0.1, 0.15) is 0 Å². The second-order valence-corrected chi connectivity index (χ2v) is 2.23. The van der Waals surface area contributed by atoms with Crippen LogP contribution >= 0.6 is 0 Å². The van der Waals surface area contributed by atoms with Crippen molar-refractivity contribution in [2.75, 3.05) is 0 Å². The first-order valence-corrected chi connectivity index (χ1v) is 2.87. The smallest absolute Gasteiger partial charge is 0.310 e. The van der Waals surface area contributed by atoms with E-state index in [1.54, 1.807) is 12.2 Å². The second-order valence-electron chi connectivity index (χ2n) is 2.23. The van der Waals surface area contributed by atoms with E-state index in [9.17, 15) is 4.79 Å². The normalized spacial score (nSPS) is 33.0. The SMILES string of the molecule is N[C@@H]1C=C[C@@H](C(=O)O)C1. The number of carboxylic acid groups (broad SMARTS) is 1. The van der Waals surface area contributed by atoms with Crippen LogP contribution in [0.3, 0.4) is 0 Å². The monoisotopic (exact) mass is 127 g/mol. The molecule has 0 fully saturated rings. The number of carbonyl (C=O) groups is 1. The molecule has 0 aromatic heterocycles. The fourth-order valence-electron chi connectivity index (χ4n) is 0.910. The molecule has 0 saturated carbocycles. The van der Waals surface area contributed by atoms with Crippen LogP contribution in [0, 0.1) is 5.92 Å². The molecule has 0 unspecified atom stereocenters. The third kappa shape index (κ3) is 1.29. The maximum atomic E-state index is 10.2. The van der Waals surface area contributed by atoms with Crippen molar-refractivity contribution >= 4 is 5.97 Å². The third-order valence-electron chi connectivity index (χ3n) is 1.43. The Morgan fingerprint density at radius 2 is 2.33 bits per heavy atom. The molecule has 0 aromatic carbocycles. The zero-order valence-electron chi connectivity index (χ0n) is 4.95. The third-order valence-corrected chi connectivity index (χ3v) is 1.43. The molecule has 1 rings (SSSR count). The Balaban J connectivity index is 2.50. The van der Waals surface area contributed by atoms with Gasteiger partial charge in [0.2, 0.25) is 0 Å². The Morgan fingerprint density at radius 3 is 2.56 bits per heavy atom. The highest BCUT2D eigenvalue weighted by atomic mass is 16.4. The summed E-state index contributed by atoms with van der Waals surface area (Å²) in [6.07, 6.45) is 3.93. The zero-order chi connectivity index (χ0) is 6.85. The first-order valence-electron chi connectivity index (χ1n) is 2.87. The molecule has 0 spiro atoms. The summed E-state index contributed by atoms with van der Waals surface area (Å²) in [7, 11) is 0. The van der Waals surface area contributed by atoms with Crippen molar-refractivity contribution in [1.82, 2.24) is 0 Å². The highest BCUT2D eigenvalue weighted by Crippen LogP contribution is 2.15. The van der Waals surface area contributed by atoms with Crippen LogP contribution < -0.4 is 5.73 Å². The molecule has 2 atom stereocenters. The fraction of sp³-hybridized carbons (Fsp3) is 0.500. The van der Waals surface area contributed by atoms with Crippen molar-refractivity contribution in [2.24, 2.45) is 11.7 Å². The minimum Gasteiger partial charge on any atom is -0.481 e. The highest BCUT2D eigenvalue weighted by molar-refractivity contribution is 5.72. The van der Waals surface area contributed by atoms with Gasteiger partial charge in [0.25, 0.3) is 0 Å². The highest BCUT2D eigenvalue weighted by Gasteiger charge is 2.21. The zero-order valence-corrected chi connectivity index (χ0v) is 4.95. The van der Waals surface area contributed by atoms with Crippen molar-refractivity contribution in [1.29, 1.82) is 0 Å². The standard InChI is InChI=1S/C6H9NO2/c7-5-2-1-4(3-5)6(8)9/h1-2,4-5H,3,7H2,(H,8,9)/t4-,5-/m1/s1. The van der Waals surface area contributed by atoms with E-state index in [1.807, 2.05) is 0 Å². The number of aliphatic carboxylic acids is 1. The molecule has 3 heteroatoms. The molecule has 0 saturated heterocycles. The van der Waals surface area contributed by atoms with Crippen molar-refractivity contribution < 1.29 is 9.90 Å². The van der Waals surface area contributed by atoms with Crippen molar-refractivity contribution in [3.8, 4) is 0 Å². The average molecular weight is 127 g/mol. The molecule has 3 nitrogen and oxygen atoms in total. The molecule has 0 aromatic rings. The summed E-state index contributed by atoms with van der Waals surface area (Å²) in [4.78, 5) is 10.2. The number of hydrogen-bond acceptors (Lipinski definition) is 2. The van der Waals surface area contributed by atoms with Crippen LogP contribution in [0.15, 0.2) is 12.2 Å². The summed E-state index contributed by atoms with van der Waals surface area (Å²) >= 11 is 0. The molecule has 0 heterocycles. The molecule has 0 radical (unpaired) electrons. The molecular weight excluding hydrogens is 118 g/mol. The Morgan fingerprint density at radius 1 is 1.67 bits per heavy atom. The van der Waals surface area contributed by atoms with Crippen LogP contribution in [-0.2, 0) is 4.79 Å². The Bertz CT molecular complexity index is 153. The molecule has 0 aliphatic heterocycles. The van der Waals surface area contributed by atoms with Gasteiger partial charge in [-0.25, -0.2) is 0 Å². The van der Waals surface area contributed by atoms with Crippen molar-refractivity contribution in [3.05, 3.63) is 12.2 Å². The summed E-state index contributed by atoms with van der Waals surface area (Å²) < 4.78 is 0. The molecule has 3 N–H and O–H groups in total. The van der Waals surface area contributed by atoms with Crippen LogP contribution in [0.2, 0.25) is 0 Å². The van der Waals surface area contributed by atoms with Gasteiger partial charge in [-0.1, -0.05) is 12.2 Å². The van der Waals surface area contributed by atoms with Gasteiger partial charge in [-0.05, 0) is 6.42 Å². The largest absolute Gasteiger partial charge is 0.481 e. The van der Waals surface area contributed by atoms with Gasteiger partial charge < -0.3 is 10.8 Å². The van der Waals surface area contributed by atoms with Crippen LogP contribution in [0.5, 0.6) is 0 Å². The predicted octanol–water partition coefficient (Wildman–Crippen LogP) is -0.0256. The summed E-state index contributed by atoms with van der Waals surface area (Å²) in [5, 5.41) is 8.42. The maximum Gasteiger partial charge on any atom is 0.310 e. The summed E-state index contributed by atoms with van der Waals surface area (Å²) in [5.74, 6) is -1.13. The van der Waals surface area contributed by atoms with E-state index >= 15 is 0 Å². The molecule has 50 valence electrons. The molecule has 1 aliphatic rings. The molecule has 9 heavy (non-hydrogen) atoms. The Hall–Kier alpha value is -0.830. The minimum absolute atomic E-state index is 0.0499. The van der Waals surface area contributed by atoms with E-state index in [0.29, 0.717) is 6.42 Å². The molecule has 0 amide bonds. The Labute approximate surface area is 53.2 Å². The molecule has 0 bridgehead atoms. The van der Waals surface area contributed by atoms with Gasteiger partial charge in [0.05, 0.1) is 5.92 Å². The van der Waals surface area contributed by atoms with Crippen molar-refractivity contribution in [2.45, 2.75) is 12.5 Å². The molecular formula is C6H9NO2. The van der Waals surface area contributed by atoms with Gasteiger partial charge in [0.15, 0.2) is 0 Å². The van der Waals surface area contributed by atoms with E-state index in [0.717, 1.165) is 0 Å². The van der Waals surface area contributed by atoms with Crippen LogP contribution in [0.4, 0.5) is 0 Å². The Kier molecular flexibility index (Phi) is 1.53. The lowest BCUT2D eigenvalue weighted by Crippen LogP contribution is -2.18. The average Bonchev–Trinajstić information content (AvgIpc) is 2.14. The number of rotatable bonds is 1. The van der Waals surface area contributed by atoms with Gasteiger partial charge >= 0.3 is 5.97 Å². The first kappa shape index (κ1) is 6.29. The van der Waals surface area contributed by atoms with Gasteiger partial charge in [0, 0.05) is 6.04 Å². The fourth-order valence-corrected chi connectivity index (χ4v) is 0.910. The quantitative estimate of drug-likeness (QED) is 0.486. The summed E-state index contributed by atoms with van der Waals surface area (Å²) in [6, 6.07) is -0.0499. The van der Waals surface area contributed by atoms with Crippen LogP contribution in [-0.4, -0.2) is 17.1 Å². The number of nitrogens with two attached hydrogens (primary N) is 1. The van der Waals surface area contributed by atoms with E-state index in [-0.39, 0.29) is 12.0 Å². The number of hydrogen-bond donors (Lipinski definition) is 2. The summed E-state index contributed by atoms with van der Waals surface area (Å²) in [5.41, 5.74) is 5.41.